The fourth-order valence-electron chi connectivity index (χ4n) is 2.41. The zero-order valence-electron chi connectivity index (χ0n) is 12.9. The minimum atomic E-state index is -3.29. The van der Waals surface area contributed by atoms with Crippen molar-refractivity contribution in [1.29, 1.82) is 0 Å². The number of carbonyl (C=O) groups excluding carboxylic acids is 2. The number of nitrogens with zero attached hydrogens (tertiary/aromatic N) is 2. The van der Waals surface area contributed by atoms with Gasteiger partial charge >= 0.3 is 5.97 Å². The molecule has 0 radical (unpaired) electrons. The molecule has 1 aliphatic rings. The molecule has 0 saturated carbocycles. The van der Waals surface area contributed by atoms with Crippen molar-refractivity contribution in [1.82, 2.24) is 9.21 Å². The summed E-state index contributed by atoms with van der Waals surface area (Å²) in [6.07, 6.45) is 2.45. The van der Waals surface area contributed by atoms with Crippen LogP contribution in [0.15, 0.2) is 0 Å². The number of amides is 1. The summed E-state index contributed by atoms with van der Waals surface area (Å²) in [6, 6.07) is 0. The predicted molar refractivity (Wildman–Crippen MR) is 78.0 cm³/mol. The number of hydrogen-bond donors (Lipinski definition) is 0. The molecule has 0 aromatic heterocycles. The van der Waals surface area contributed by atoms with Crippen molar-refractivity contribution in [3.05, 3.63) is 0 Å². The summed E-state index contributed by atoms with van der Waals surface area (Å²) in [5.41, 5.74) is 0. The summed E-state index contributed by atoms with van der Waals surface area (Å²) in [4.78, 5) is 25.4. The molecule has 0 N–H and O–H groups in total. The van der Waals surface area contributed by atoms with Crippen LogP contribution in [0.25, 0.3) is 0 Å². The van der Waals surface area contributed by atoms with Gasteiger partial charge in [-0.05, 0) is 26.7 Å². The van der Waals surface area contributed by atoms with E-state index in [2.05, 4.69) is 0 Å². The van der Waals surface area contributed by atoms with Crippen LogP contribution in [-0.2, 0) is 24.3 Å². The lowest BCUT2D eigenvalue weighted by molar-refractivity contribution is -0.150. The largest absolute Gasteiger partial charge is 0.465 e. The molecule has 8 heteroatoms. The van der Waals surface area contributed by atoms with Crippen LogP contribution in [-0.4, -0.2) is 68.5 Å². The Morgan fingerprint density at radius 2 is 2.00 bits per heavy atom. The SMILES string of the molecule is CCOC(=O)CN(CC)C(=O)C1CCCN(S(C)(=O)=O)C1. The minimum absolute atomic E-state index is 0.0848. The summed E-state index contributed by atoms with van der Waals surface area (Å²) in [5.74, 6) is -1.01. The number of piperidine rings is 1. The Morgan fingerprint density at radius 3 is 2.52 bits per heavy atom. The van der Waals surface area contributed by atoms with Gasteiger partial charge in [0.05, 0.1) is 18.8 Å². The van der Waals surface area contributed by atoms with Crippen molar-refractivity contribution in [3.63, 3.8) is 0 Å². The highest BCUT2D eigenvalue weighted by Gasteiger charge is 2.32. The molecule has 1 aliphatic heterocycles. The minimum Gasteiger partial charge on any atom is -0.465 e. The number of carbonyl (C=O) groups is 2. The van der Waals surface area contributed by atoms with E-state index in [1.165, 1.54) is 9.21 Å². The average Bonchev–Trinajstić information content (AvgIpc) is 2.43. The number of hydrogen-bond acceptors (Lipinski definition) is 5. The van der Waals surface area contributed by atoms with Gasteiger partial charge in [0.1, 0.15) is 6.54 Å². The highest BCUT2D eigenvalue weighted by Crippen LogP contribution is 2.20. The first-order valence-corrected chi connectivity index (χ1v) is 9.03. The number of rotatable bonds is 6. The maximum Gasteiger partial charge on any atom is 0.325 e. The molecule has 7 nitrogen and oxygen atoms in total. The molecule has 0 bridgehead atoms. The summed E-state index contributed by atoms with van der Waals surface area (Å²) in [7, 11) is -3.29. The van der Waals surface area contributed by atoms with Crippen molar-refractivity contribution >= 4 is 21.9 Å². The first-order valence-electron chi connectivity index (χ1n) is 7.19. The monoisotopic (exact) mass is 320 g/mol. The fourth-order valence-corrected chi connectivity index (χ4v) is 3.32. The van der Waals surface area contributed by atoms with Crippen LogP contribution in [0.2, 0.25) is 0 Å². The molecule has 1 unspecified atom stereocenters. The van der Waals surface area contributed by atoms with Crippen LogP contribution in [0.1, 0.15) is 26.7 Å². The van der Waals surface area contributed by atoms with Gasteiger partial charge in [0, 0.05) is 19.6 Å². The number of ether oxygens (including phenoxy) is 1. The Morgan fingerprint density at radius 1 is 1.33 bits per heavy atom. The van der Waals surface area contributed by atoms with Crippen LogP contribution < -0.4 is 0 Å². The molecule has 0 aliphatic carbocycles. The Labute approximate surface area is 126 Å². The van der Waals surface area contributed by atoms with E-state index < -0.39 is 16.0 Å². The van der Waals surface area contributed by atoms with Gasteiger partial charge in [-0.3, -0.25) is 9.59 Å². The molecule has 1 heterocycles. The normalized spacial score (nSPS) is 20.0. The van der Waals surface area contributed by atoms with Crippen LogP contribution >= 0.6 is 0 Å². The van der Waals surface area contributed by atoms with E-state index in [1.54, 1.807) is 13.8 Å². The average molecular weight is 320 g/mol. The van der Waals surface area contributed by atoms with Crippen molar-refractivity contribution in [2.24, 2.45) is 5.92 Å². The molecule has 1 amide bonds. The molecule has 0 aromatic rings. The second kappa shape index (κ2) is 7.74. The molecule has 0 aromatic carbocycles. The number of esters is 1. The van der Waals surface area contributed by atoms with Gasteiger partial charge in [-0.15, -0.1) is 0 Å². The van der Waals surface area contributed by atoms with Crippen LogP contribution in [0.5, 0.6) is 0 Å². The highest BCUT2D eigenvalue weighted by molar-refractivity contribution is 7.88. The summed E-state index contributed by atoms with van der Waals surface area (Å²) in [6.45, 7) is 4.72. The van der Waals surface area contributed by atoms with Gasteiger partial charge in [0.25, 0.3) is 0 Å². The third-order valence-electron chi connectivity index (χ3n) is 3.52. The molecule has 1 saturated heterocycles. The van der Waals surface area contributed by atoms with Gasteiger partial charge in [-0.1, -0.05) is 0 Å². The lowest BCUT2D eigenvalue weighted by Crippen LogP contribution is -2.47. The Bertz CT molecular complexity index is 477. The van der Waals surface area contributed by atoms with Gasteiger partial charge in [-0.25, -0.2) is 12.7 Å². The Kier molecular flexibility index (Phi) is 6.60. The first kappa shape index (κ1) is 17.9. The third-order valence-corrected chi connectivity index (χ3v) is 4.79. The van der Waals surface area contributed by atoms with E-state index in [4.69, 9.17) is 4.74 Å². The smallest absolute Gasteiger partial charge is 0.325 e. The van der Waals surface area contributed by atoms with Gasteiger partial charge in [0.15, 0.2) is 0 Å². The lowest BCUT2D eigenvalue weighted by atomic mass is 9.98. The molecule has 0 spiro atoms. The third kappa shape index (κ3) is 5.28. The zero-order chi connectivity index (χ0) is 16.0. The second-order valence-electron chi connectivity index (χ2n) is 5.12. The fraction of sp³-hybridized carbons (Fsp3) is 0.846. The van der Waals surface area contributed by atoms with E-state index in [9.17, 15) is 18.0 Å². The standard InChI is InChI=1S/C13H24N2O5S/c1-4-14(10-12(16)20-5-2)13(17)11-7-6-8-15(9-11)21(3,18)19/h11H,4-10H2,1-3H3. The maximum atomic E-state index is 12.4. The molecule has 1 atom stereocenters. The number of sulfonamides is 1. The van der Waals surface area contributed by atoms with E-state index in [0.29, 0.717) is 25.9 Å². The highest BCUT2D eigenvalue weighted by atomic mass is 32.2. The Balaban J connectivity index is 2.69. The maximum absolute atomic E-state index is 12.4. The van der Waals surface area contributed by atoms with Crippen molar-refractivity contribution in [2.75, 3.05) is 39.0 Å². The summed E-state index contributed by atoms with van der Waals surface area (Å²) < 4.78 is 29.3. The quantitative estimate of drug-likeness (QED) is 0.647. The summed E-state index contributed by atoms with van der Waals surface area (Å²) in [5, 5.41) is 0. The lowest BCUT2D eigenvalue weighted by Gasteiger charge is -2.33. The van der Waals surface area contributed by atoms with Crippen molar-refractivity contribution in [3.8, 4) is 0 Å². The predicted octanol–water partition coefficient (Wildman–Crippen LogP) is 0.0696. The van der Waals surface area contributed by atoms with Gasteiger partial charge in [-0.2, -0.15) is 0 Å². The summed E-state index contributed by atoms with van der Waals surface area (Å²) >= 11 is 0. The van der Waals surface area contributed by atoms with Crippen molar-refractivity contribution < 1.29 is 22.7 Å². The molecule has 122 valence electrons. The number of likely N-dealkylation sites (N-methyl/N-ethyl adjacent to an activating group) is 1. The molecular formula is C13H24N2O5S. The molecule has 21 heavy (non-hydrogen) atoms. The van der Waals surface area contributed by atoms with E-state index in [-0.39, 0.29) is 31.5 Å². The van der Waals surface area contributed by atoms with Crippen LogP contribution in [0, 0.1) is 5.92 Å². The van der Waals surface area contributed by atoms with Crippen molar-refractivity contribution in [2.45, 2.75) is 26.7 Å². The van der Waals surface area contributed by atoms with Gasteiger partial charge in [0.2, 0.25) is 15.9 Å². The van der Waals surface area contributed by atoms with Crippen LogP contribution in [0.3, 0.4) is 0 Å². The Hall–Kier alpha value is -1.15. The molecule has 1 rings (SSSR count). The van der Waals surface area contributed by atoms with E-state index >= 15 is 0 Å². The first-order chi connectivity index (χ1) is 9.79. The zero-order valence-corrected chi connectivity index (χ0v) is 13.7. The molecule has 1 fully saturated rings. The topological polar surface area (TPSA) is 84.0 Å². The van der Waals surface area contributed by atoms with Crippen LogP contribution in [0.4, 0.5) is 0 Å². The van der Waals surface area contributed by atoms with Gasteiger partial charge < -0.3 is 9.64 Å². The second-order valence-corrected chi connectivity index (χ2v) is 7.10. The van der Waals surface area contributed by atoms with E-state index in [0.717, 1.165) is 6.26 Å². The van der Waals surface area contributed by atoms with E-state index in [1.807, 2.05) is 0 Å². The molecular weight excluding hydrogens is 296 g/mol.